The number of imide groups is 2. The van der Waals surface area contributed by atoms with Gasteiger partial charge in [-0.05, 0) is 37.8 Å². The molecule has 272 valence electrons. The zero-order chi connectivity index (χ0) is 35.3. The van der Waals surface area contributed by atoms with Gasteiger partial charge in [-0.1, -0.05) is 45.1 Å². The van der Waals surface area contributed by atoms with Crippen LogP contribution in [0.4, 0.5) is 5.69 Å². The summed E-state index contributed by atoms with van der Waals surface area (Å²) in [5, 5.41) is 4.90. The van der Waals surface area contributed by atoms with Crippen molar-refractivity contribution in [2.45, 2.75) is 90.0 Å². The van der Waals surface area contributed by atoms with Crippen LogP contribution in [0.2, 0.25) is 0 Å². The Morgan fingerprint density at radius 3 is 2.04 bits per heavy atom. The molecule has 2 aliphatic heterocycles. The monoisotopic (exact) mass is 689 g/mol. The van der Waals surface area contributed by atoms with Crippen LogP contribution in [0.1, 0.15) is 105 Å². The summed E-state index contributed by atoms with van der Waals surface area (Å²) in [6.07, 6.45) is 8.41. The van der Waals surface area contributed by atoms with Gasteiger partial charge in [0.2, 0.25) is 17.7 Å². The molecule has 0 bridgehead atoms. The van der Waals surface area contributed by atoms with E-state index < -0.39 is 29.7 Å². The Labute approximate surface area is 287 Å². The van der Waals surface area contributed by atoms with Crippen LogP contribution >= 0.6 is 0 Å². The number of carbonyl (C=O) groups excluding carboxylic acids is 6. The number of carbonyl (C=O) groups is 6. The van der Waals surface area contributed by atoms with Gasteiger partial charge in [0.1, 0.15) is 12.6 Å². The first-order valence-corrected chi connectivity index (χ1v) is 17.4. The summed E-state index contributed by atoms with van der Waals surface area (Å²) in [5.74, 6) is -2.88. The van der Waals surface area contributed by atoms with Crippen molar-refractivity contribution in [3.05, 3.63) is 29.3 Å². The molecule has 14 heteroatoms. The van der Waals surface area contributed by atoms with Crippen LogP contribution in [-0.4, -0.2) is 106 Å². The van der Waals surface area contributed by atoms with E-state index in [1.54, 1.807) is 12.1 Å². The van der Waals surface area contributed by atoms with E-state index in [4.69, 9.17) is 23.7 Å². The molecule has 0 saturated carbocycles. The molecule has 5 amide bonds. The van der Waals surface area contributed by atoms with Crippen LogP contribution in [0.3, 0.4) is 0 Å². The van der Waals surface area contributed by atoms with Crippen molar-refractivity contribution in [2.24, 2.45) is 0 Å². The minimum atomic E-state index is -1.07. The van der Waals surface area contributed by atoms with E-state index in [2.05, 4.69) is 17.6 Å². The third-order valence-corrected chi connectivity index (χ3v) is 8.03. The Morgan fingerprint density at radius 1 is 0.755 bits per heavy atom. The lowest BCUT2D eigenvalue weighted by molar-refractivity contribution is -0.145. The largest absolute Gasteiger partial charge is 0.463 e. The summed E-state index contributed by atoms with van der Waals surface area (Å²) in [6, 6.07) is 3.53. The number of hydrogen-bond donors (Lipinski definition) is 2. The second-order valence-electron chi connectivity index (χ2n) is 11.9. The smallest absolute Gasteiger partial charge is 0.305 e. The van der Waals surface area contributed by atoms with Gasteiger partial charge in [-0.2, -0.15) is 0 Å². The lowest BCUT2D eigenvalue weighted by Crippen LogP contribution is -2.54. The average molecular weight is 690 g/mol. The number of rotatable bonds is 26. The van der Waals surface area contributed by atoms with Gasteiger partial charge >= 0.3 is 5.97 Å². The fraction of sp³-hybridized carbons (Fsp3) is 0.657. The number of fused-ring (bicyclic) bond motifs is 1. The Kier molecular flexibility index (Phi) is 18.5. The highest BCUT2D eigenvalue weighted by Gasteiger charge is 2.45. The SMILES string of the molecule is CCCCCCCC(=O)OCCOCCOCCOCCOCCCCCC(=O)Nc1cccc2c1C(=O)N(C1CCC(=O)NC1=O)C2=O. The second kappa shape index (κ2) is 22.8. The third-order valence-electron chi connectivity index (χ3n) is 8.03. The van der Waals surface area contributed by atoms with Crippen LogP contribution in [-0.2, 0) is 42.9 Å². The van der Waals surface area contributed by atoms with Crippen molar-refractivity contribution in [1.29, 1.82) is 0 Å². The highest BCUT2D eigenvalue weighted by Crippen LogP contribution is 2.32. The fourth-order valence-electron chi connectivity index (χ4n) is 5.42. The number of nitrogens with zero attached hydrogens (tertiary/aromatic N) is 1. The van der Waals surface area contributed by atoms with Gasteiger partial charge in [0, 0.05) is 25.9 Å². The molecule has 14 nitrogen and oxygen atoms in total. The molecule has 1 aromatic carbocycles. The molecule has 2 aliphatic rings. The lowest BCUT2D eigenvalue weighted by atomic mass is 10.0. The Hall–Kier alpha value is -3.72. The Balaban J connectivity index is 1.13. The number of ether oxygens (including phenoxy) is 5. The predicted octanol–water partition coefficient (Wildman–Crippen LogP) is 3.56. The number of anilines is 1. The van der Waals surface area contributed by atoms with E-state index in [1.165, 1.54) is 18.9 Å². The van der Waals surface area contributed by atoms with E-state index in [9.17, 15) is 28.8 Å². The van der Waals surface area contributed by atoms with Crippen molar-refractivity contribution < 1.29 is 52.5 Å². The van der Waals surface area contributed by atoms with Crippen molar-refractivity contribution in [3.63, 3.8) is 0 Å². The first-order chi connectivity index (χ1) is 23.8. The predicted molar refractivity (Wildman–Crippen MR) is 178 cm³/mol. The molecular formula is C35H51N3O11. The molecule has 0 spiro atoms. The summed E-state index contributed by atoms with van der Waals surface area (Å²) < 4.78 is 27.1. The van der Waals surface area contributed by atoms with E-state index >= 15 is 0 Å². The van der Waals surface area contributed by atoms with Crippen LogP contribution in [0, 0.1) is 0 Å². The molecule has 0 radical (unpaired) electrons. The van der Waals surface area contributed by atoms with Crippen LogP contribution in [0.5, 0.6) is 0 Å². The molecule has 3 rings (SSSR count). The van der Waals surface area contributed by atoms with Gasteiger partial charge < -0.3 is 29.0 Å². The molecule has 1 aromatic rings. The zero-order valence-electron chi connectivity index (χ0n) is 28.6. The summed E-state index contributed by atoms with van der Waals surface area (Å²) in [5.41, 5.74) is 0.384. The average Bonchev–Trinajstić information content (AvgIpc) is 3.33. The van der Waals surface area contributed by atoms with Crippen molar-refractivity contribution in [2.75, 3.05) is 64.8 Å². The standard InChI is InChI=1S/C35H51N3O11/c1-2-3-4-5-8-14-31(41)49-25-24-48-23-22-47-21-20-46-19-18-45-17-9-6-7-13-29(39)36-27-12-10-11-26-32(27)35(44)38(34(26)43)28-15-16-30(40)37-33(28)42/h10-12,28H,2-9,13-25H2,1H3,(H,36,39)(H,37,40,42). The summed E-state index contributed by atoms with van der Waals surface area (Å²) in [4.78, 5) is 75.0. The minimum Gasteiger partial charge on any atom is -0.463 e. The van der Waals surface area contributed by atoms with E-state index in [-0.39, 0.29) is 54.6 Å². The normalized spacial score (nSPS) is 15.8. The van der Waals surface area contributed by atoms with Gasteiger partial charge in [0.15, 0.2) is 0 Å². The number of nitrogens with one attached hydrogen (secondary N) is 2. The highest BCUT2D eigenvalue weighted by molar-refractivity contribution is 6.26. The molecule has 0 aliphatic carbocycles. The summed E-state index contributed by atoms with van der Waals surface area (Å²) in [6.45, 7) is 5.91. The maximum Gasteiger partial charge on any atom is 0.305 e. The number of benzene rings is 1. The van der Waals surface area contributed by atoms with Crippen LogP contribution in [0.25, 0.3) is 0 Å². The van der Waals surface area contributed by atoms with Crippen molar-refractivity contribution in [3.8, 4) is 0 Å². The highest BCUT2D eigenvalue weighted by atomic mass is 16.6. The van der Waals surface area contributed by atoms with E-state index in [0.717, 1.165) is 37.0 Å². The minimum absolute atomic E-state index is 0.0299. The molecule has 1 atom stereocenters. The fourth-order valence-corrected chi connectivity index (χ4v) is 5.42. The number of unbranched alkanes of at least 4 members (excludes halogenated alkanes) is 6. The molecule has 2 heterocycles. The zero-order valence-corrected chi connectivity index (χ0v) is 28.6. The van der Waals surface area contributed by atoms with Gasteiger partial charge in [0.05, 0.1) is 63.1 Å². The number of piperidine rings is 1. The maximum absolute atomic E-state index is 13.2. The second-order valence-corrected chi connectivity index (χ2v) is 11.9. The summed E-state index contributed by atoms with van der Waals surface area (Å²) >= 11 is 0. The Morgan fingerprint density at radius 2 is 1.37 bits per heavy atom. The molecule has 1 saturated heterocycles. The van der Waals surface area contributed by atoms with Crippen molar-refractivity contribution in [1.82, 2.24) is 10.2 Å². The molecule has 2 N–H and O–H groups in total. The quantitative estimate of drug-likeness (QED) is 0.0827. The molecule has 49 heavy (non-hydrogen) atoms. The maximum atomic E-state index is 13.2. The molecule has 1 fully saturated rings. The van der Waals surface area contributed by atoms with Crippen molar-refractivity contribution >= 4 is 41.2 Å². The van der Waals surface area contributed by atoms with E-state index in [0.29, 0.717) is 65.7 Å². The third kappa shape index (κ3) is 14.0. The van der Waals surface area contributed by atoms with Gasteiger partial charge in [-0.25, -0.2) is 0 Å². The van der Waals surface area contributed by atoms with Gasteiger partial charge in [0.25, 0.3) is 11.8 Å². The number of esters is 1. The Bertz CT molecular complexity index is 1260. The first kappa shape index (κ1) is 39.7. The molecule has 0 aromatic heterocycles. The van der Waals surface area contributed by atoms with Gasteiger partial charge in [-0.3, -0.25) is 39.0 Å². The molecule has 1 unspecified atom stereocenters. The lowest BCUT2D eigenvalue weighted by Gasteiger charge is -2.27. The first-order valence-electron chi connectivity index (χ1n) is 17.4. The topological polar surface area (TPSA) is 176 Å². The van der Waals surface area contributed by atoms with E-state index in [1.807, 2.05) is 0 Å². The summed E-state index contributed by atoms with van der Waals surface area (Å²) in [7, 11) is 0. The van der Waals surface area contributed by atoms with Gasteiger partial charge in [-0.15, -0.1) is 0 Å². The number of hydrogen-bond acceptors (Lipinski definition) is 11. The van der Waals surface area contributed by atoms with Crippen LogP contribution < -0.4 is 10.6 Å². The number of amides is 5. The molecular weight excluding hydrogens is 638 g/mol. The van der Waals surface area contributed by atoms with Crippen LogP contribution in [0.15, 0.2) is 18.2 Å².